The molecule has 0 aromatic heterocycles. The first-order valence-corrected chi connectivity index (χ1v) is 12.8. The summed E-state index contributed by atoms with van der Waals surface area (Å²) in [7, 11) is -8.75. The molecule has 0 bridgehead atoms. The monoisotopic (exact) mass is 448 g/mol. The average Bonchev–Trinajstić information content (AvgIpc) is 2.88. The smallest absolute Gasteiger partial charge is 0.285 e. The zero-order valence-corrected chi connectivity index (χ0v) is 20.3. The van der Waals surface area contributed by atoms with Gasteiger partial charge in [0, 0.05) is 5.92 Å². The van der Waals surface area contributed by atoms with E-state index >= 15 is 0 Å². The van der Waals surface area contributed by atoms with Crippen molar-refractivity contribution >= 4 is 20.2 Å². The maximum Gasteiger partial charge on any atom is 0.294 e. The van der Waals surface area contributed by atoms with Crippen LogP contribution in [0.4, 0.5) is 0 Å². The van der Waals surface area contributed by atoms with E-state index in [4.69, 9.17) is 0 Å². The van der Waals surface area contributed by atoms with Gasteiger partial charge in [-0.1, -0.05) is 77.5 Å². The second-order valence-corrected chi connectivity index (χ2v) is 8.71. The van der Waals surface area contributed by atoms with Crippen molar-refractivity contribution in [3.05, 3.63) is 53.1 Å². The molecule has 0 saturated heterocycles. The van der Waals surface area contributed by atoms with Crippen molar-refractivity contribution in [1.29, 1.82) is 0 Å². The van der Waals surface area contributed by atoms with Gasteiger partial charge in [-0.05, 0) is 37.5 Å². The summed E-state index contributed by atoms with van der Waals surface area (Å²) < 4.78 is 65.1. The van der Waals surface area contributed by atoms with Gasteiger partial charge in [0.15, 0.2) is 0 Å². The van der Waals surface area contributed by atoms with E-state index in [0.717, 1.165) is 0 Å². The lowest BCUT2D eigenvalue weighted by atomic mass is 9.93. The maximum absolute atomic E-state index is 11.6. The van der Waals surface area contributed by atoms with Crippen LogP contribution in [-0.4, -0.2) is 31.2 Å². The standard InChI is InChI=1S/C15H18O6S2.3C2H6/c1-10-3-5-12(9-13(7-10)22(16,17)18)14-6-4-11(2)8-15(14)23(19,20)21;3*1-2/h3-8,12-13H,9H2,1-2H3,(H,16,17,18)(H,19,20,21);3*1-2H3. The molecule has 0 amide bonds. The molecule has 0 saturated carbocycles. The van der Waals surface area contributed by atoms with Crippen LogP contribution in [0.1, 0.15) is 71.9 Å². The molecule has 1 aromatic carbocycles. The molecule has 0 radical (unpaired) electrons. The van der Waals surface area contributed by atoms with Crippen molar-refractivity contribution in [3.63, 3.8) is 0 Å². The summed E-state index contributed by atoms with van der Waals surface area (Å²) in [6.45, 7) is 15.4. The number of allylic oxidation sites excluding steroid dienone is 3. The Morgan fingerprint density at radius 2 is 1.41 bits per heavy atom. The minimum Gasteiger partial charge on any atom is -0.285 e. The van der Waals surface area contributed by atoms with Crippen LogP contribution in [0.2, 0.25) is 0 Å². The SMILES string of the molecule is CC.CC.CC.CC1=CC(S(=O)(=O)O)CC(c2ccc(C)cc2S(=O)(=O)O)C=C1. The molecular weight excluding hydrogens is 412 g/mol. The predicted molar refractivity (Wildman–Crippen MR) is 121 cm³/mol. The number of rotatable bonds is 3. The zero-order valence-electron chi connectivity index (χ0n) is 18.7. The fourth-order valence-electron chi connectivity index (χ4n) is 2.62. The fraction of sp³-hybridized carbons (Fsp3) is 0.524. The van der Waals surface area contributed by atoms with Gasteiger partial charge >= 0.3 is 0 Å². The van der Waals surface area contributed by atoms with E-state index < -0.39 is 31.4 Å². The molecular formula is C21H36O6S2. The Morgan fingerprint density at radius 3 is 1.86 bits per heavy atom. The normalized spacial score (nSPS) is 18.5. The molecule has 29 heavy (non-hydrogen) atoms. The van der Waals surface area contributed by atoms with Gasteiger partial charge in [0.25, 0.3) is 20.2 Å². The third kappa shape index (κ3) is 9.71. The van der Waals surface area contributed by atoms with Gasteiger partial charge in [-0.15, -0.1) is 0 Å². The van der Waals surface area contributed by atoms with Gasteiger partial charge < -0.3 is 0 Å². The van der Waals surface area contributed by atoms with Crippen molar-refractivity contribution in [2.24, 2.45) is 0 Å². The van der Waals surface area contributed by atoms with Crippen molar-refractivity contribution in [2.75, 3.05) is 0 Å². The quantitative estimate of drug-likeness (QED) is 0.585. The number of hydrogen-bond acceptors (Lipinski definition) is 4. The lowest BCUT2D eigenvalue weighted by molar-refractivity contribution is 0.469. The highest BCUT2D eigenvalue weighted by Crippen LogP contribution is 2.33. The third-order valence-corrected chi connectivity index (χ3v) is 5.76. The highest BCUT2D eigenvalue weighted by molar-refractivity contribution is 7.86. The molecule has 0 heterocycles. The summed E-state index contributed by atoms with van der Waals surface area (Å²) >= 11 is 0. The third-order valence-electron chi connectivity index (χ3n) is 3.76. The van der Waals surface area contributed by atoms with E-state index in [2.05, 4.69) is 0 Å². The molecule has 0 aliphatic heterocycles. The molecule has 0 spiro atoms. The number of aryl methyl sites for hydroxylation is 1. The topological polar surface area (TPSA) is 109 Å². The maximum atomic E-state index is 11.6. The second-order valence-electron chi connectivity index (χ2n) is 5.68. The lowest BCUT2D eigenvalue weighted by Gasteiger charge is -2.18. The van der Waals surface area contributed by atoms with E-state index in [1.54, 1.807) is 38.1 Å². The van der Waals surface area contributed by atoms with Crippen LogP contribution in [0.25, 0.3) is 0 Å². The molecule has 6 nitrogen and oxygen atoms in total. The summed E-state index contributed by atoms with van der Waals surface area (Å²) in [6.07, 6.45) is 4.76. The molecule has 1 aliphatic carbocycles. The Bertz CT molecular complexity index is 882. The molecule has 1 aromatic rings. The summed E-state index contributed by atoms with van der Waals surface area (Å²) in [5, 5.41) is -1.14. The predicted octanol–water partition coefficient (Wildman–Crippen LogP) is 5.57. The first kappa shape index (κ1) is 29.7. The van der Waals surface area contributed by atoms with Gasteiger partial charge in [0.05, 0.1) is 4.90 Å². The zero-order chi connectivity index (χ0) is 23.4. The summed E-state index contributed by atoms with van der Waals surface area (Å²) in [5.41, 5.74) is 1.60. The molecule has 2 N–H and O–H groups in total. The van der Waals surface area contributed by atoms with Crippen LogP contribution < -0.4 is 0 Å². The van der Waals surface area contributed by atoms with E-state index in [0.29, 0.717) is 16.7 Å². The summed E-state index contributed by atoms with van der Waals surface area (Å²) in [6, 6.07) is 4.58. The van der Waals surface area contributed by atoms with E-state index in [1.807, 2.05) is 41.5 Å². The fourth-order valence-corrected chi connectivity index (χ4v) is 4.31. The lowest BCUT2D eigenvalue weighted by Crippen LogP contribution is -2.21. The van der Waals surface area contributed by atoms with Gasteiger partial charge in [-0.3, -0.25) is 9.11 Å². The number of hydrogen-bond donors (Lipinski definition) is 2. The van der Waals surface area contributed by atoms with Crippen molar-refractivity contribution in [1.82, 2.24) is 0 Å². The average molecular weight is 449 g/mol. The van der Waals surface area contributed by atoms with Gasteiger partial charge in [-0.25, -0.2) is 0 Å². The van der Waals surface area contributed by atoms with Crippen molar-refractivity contribution < 1.29 is 25.9 Å². The number of benzene rings is 1. The van der Waals surface area contributed by atoms with Crippen molar-refractivity contribution in [2.45, 2.75) is 77.9 Å². The molecule has 0 fully saturated rings. The molecule has 2 atom stereocenters. The Morgan fingerprint density at radius 1 is 0.897 bits per heavy atom. The molecule has 168 valence electrons. The van der Waals surface area contributed by atoms with E-state index in [1.165, 1.54) is 12.1 Å². The minimum atomic E-state index is -4.45. The molecule has 8 heteroatoms. The highest BCUT2D eigenvalue weighted by Gasteiger charge is 2.29. The Hall–Kier alpha value is -1.48. The molecule has 2 unspecified atom stereocenters. The van der Waals surface area contributed by atoms with Gasteiger partial charge in [0.2, 0.25) is 0 Å². The van der Waals surface area contributed by atoms with Crippen molar-refractivity contribution in [3.8, 4) is 0 Å². The van der Waals surface area contributed by atoms with Crippen LogP contribution in [0, 0.1) is 6.92 Å². The van der Waals surface area contributed by atoms with Gasteiger partial charge in [0.1, 0.15) is 5.25 Å². The molecule has 1 aliphatic rings. The Balaban J connectivity index is 0. The Kier molecular flexibility index (Phi) is 14.0. The van der Waals surface area contributed by atoms with Gasteiger partial charge in [-0.2, -0.15) is 16.8 Å². The minimum absolute atomic E-state index is 0.0156. The van der Waals surface area contributed by atoms with Crippen LogP contribution in [0.15, 0.2) is 46.9 Å². The summed E-state index contributed by atoms with van der Waals surface area (Å²) in [5.74, 6) is -0.576. The largest absolute Gasteiger partial charge is 0.294 e. The highest BCUT2D eigenvalue weighted by atomic mass is 32.2. The Labute approximate surface area is 177 Å². The summed E-state index contributed by atoms with van der Waals surface area (Å²) in [4.78, 5) is -0.249. The first-order valence-electron chi connectivity index (χ1n) is 9.89. The van der Waals surface area contributed by atoms with Crippen LogP contribution in [-0.2, 0) is 20.2 Å². The second kappa shape index (κ2) is 13.7. The van der Waals surface area contributed by atoms with Crippen LogP contribution in [0.3, 0.4) is 0 Å². The van der Waals surface area contributed by atoms with Crippen LogP contribution >= 0.6 is 0 Å². The first-order chi connectivity index (χ1) is 13.5. The molecule has 2 rings (SSSR count). The van der Waals surface area contributed by atoms with E-state index in [-0.39, 0.29) is 11.3 Å². The van der Waals surface area contributed by atoms with E-state index in [9.17, 15) is 25.9 Å². The van der Waals surface area contributed by atoms with Crippen LogP contribution in [0.5, 0.6) is 0 Å².